The van der Waals surface area contributed by atoms with Gasteiger partial charge in [-0.3, -0.25) is 0 Å². The Hall–Kier alpha value is -2.69. The first-order valence-electron chi connectivity index (χ1n) is 9.57. The Labute approximate surface area is 161 Å². The largest absolute Gasteiger partial charge is 0.497 e. The minimum atomic E-state index is -0.496. The normalized spacial score (nSPS) is 14.6. The van der Waals surface area contributed by atoms with Crippen LogP contribution in [-0.2, 0) is 5.54 Å². The van der Waals surface area contributed by atoms with E-state index in [0.717, 1.165) is 30.1 Å². The molecule has 0 unspecified atom stereocenters. The highest BCUT2D eigenvalue weighted by molar-refractivity contribution is 5.90. The minimum Gasteiger partial charge on any atom is -0.497 e. The summed E-state index contributed by atoms with van der Waals surface area (Å²) in [6.45, 7) is 6.19. The van der Waals surface area contributed by atoms with Crippen LogP contribution in [0.25, 0.3) is 0 Å². The Morgan fingerprint density at radius 3 is 2.19 bits per heavy atom. The smallest absolute Gasteiger partial charge is 0.319 e. The fourth-order valence-electron chi connectivity index (χ4n) is 3.43. The van der Waals surface area contributed by atoms with Gasteiger partial charge >= 0.3 is 6.03 Å². The third kappa shape index (κ3) is 4.94. The number of urea groups is 1. The quantitative estimate of drug-likeness (QED) is 0.802. The summed E-state index contributed by atoms with van der Waals surface area (Å²) >= 11 is 0. The summed E-state index contributed by atoms with van der Waals surface area (Å²) < 4.78 is 5.19. The molecule has 2 N–H and O–H groups in total. The van der Waals surface area contributed by atoms with Gasteiger partial charge in [0.15, 0.2) is 0 Å². The van der Waals surface area contributed by atoms with E-state index in [0.29, 0.717) is 0 Å². The molecule has 1 aliphatic rings. The topological polar surface area (TPSA) is 53.6 Å². The van der Waals surface area contributed by atoms with E-state index in [2.05, 4.69) is 27.7 Å². The van der Waals surface area contributed by atoms with Crippen LogP contribution in [0.3, 0.4) is 0 Å². The molecule has 5 heteroatoms. The number of hydrogen-bond acceptors (Lipinski definition) is 3. The zero-order chi connectivity index (χ0) is 19.3. The van der Waals surface area contributed by atoms with Gasteiger partial charge in [0, 0.05) is 24.5 Å². The number of nitrogens with zero attached hydrogens (tertiary/aromatic N) is 1. The Kier molecular flexibility index (Phi) is 5.89. The van der Waals surface area contributed by atoms with Crippen LogP contribution in [0.15, 0.2) is 48.5 Å². The molecule has 2 amide bonds. The van der Waals surface area contributed by atoms with Crippen molar-refractivity contribution < 1.29 is 9.53 Å². The van der Waals surface area contributed by atoms with Crippen molar-refractivity contribution in [1.82, 2.24) is 5.32 Å². The lowest BCUT2D eigenvalue weighted by atomic mass is 9.94. The number of benzene rings is 2. The lowest BCUT2D eigenvalue weighted by Gasteiger charge is -2.29. The summed E-state index contributed by atoms with van der Waals surface area (Å²) in [7, 11) is 1.64. The lowest BCUT2D eigenvalue weighted by Crippen LogP contribution is -2.43. The zero-order valence-electron chi connectivity index (χ0n) is 16.4. The van der Waals surface area contributed by atoms with Crippen molar-refractivity contribution in [2.45, 2.75) is 38.6 Å². The van der Waals surface area contributed by atoms with Crippen molar-refractivity contribution in [2.24, 2.45) is 0 Å². The van der Waals surface area contributed by atoms with Crippen LogP contribution in [0, 0.1) is 0 Å². The number of carbonyl (C=O) groups excluding carboxylic acids is 1. The molecule has 0 spiro atoms. The van der Waals surface area contributed by atoms with Gasteiger partial charge in [-0.25, -0.2) is 4.79 Å². The predicted octanol–water partition coefficient (Wildman–Crippen LogP) is 4.74. The van der Waals surface area contributed by atoms with E-state index >= 15 is 0 Å². The van der Waals surface area contributed by atoms with Crippen molar-refractivity contribution in [3.63, 3.8) is 0 Å². The van der Waals surface area contributed by atoms with Gasteiger partial charge in [0.2, 0.25) is 0 Å². The van der Waals surface area contributed by atoms with Crippen LogP contribution < -0.4 is 20.3 Å². The average molecular weight is 367 g/mol. The molecule has 1 heterocycles. The number of nitrogens with one attached hydrogen (secondary N) is 2. The van der Waals surface area contributed by atoms with Crippen LogP contribution >= 0.6 is 0 Å². The van der Waals surface area contributed by atoms with Crippen LogP contribution in [0.4, 0.5) is 16.2 Å². The van der Waals surface area contributed by atoms with E-state index in [1.807, 2.05) is 50.2 Å². The molecule has 1 aliphatic heterocycles. The Morgan fingerprint density at radius 2 is 1.59 bits per heavy atom. The van der Waals surface area contributed by atoms with Gasteiger partial charge in [0.05, 0.1) is 12.6 Å². The van der Waals surface area contributed by atoms with Gasteiger partial charge in [-0.1, -0.05) is 12.1 Å². The van der Waals surface area contributed by atoms with Crippen molar-refractivity contribution in [1.29, 1.82) is 0 Å². The first kappa shape index (κ1) is 19.1. The molecule has 5 nitrogen and oxygen atoms in total. The molecule has 0 radical (unpaired) electrons. The number of piperidine rings is 1. The second kappa shape index (κ2) is 8.33. The van der Waals surface area contributed by atoms with Crippen molar-refractivity contribution >= 4 is 17.4 Å². The van der Waals surface area contributed by atoms with E-state index < -0.39 is 5.54 Å². The van der Waals surface area contributed by atoms with E-state index in [4.69, 9.17) is 4.74 Å². The molecule has 3 rings (SSSR count). The number of methoxy groups -OCH3 is 1. The lowest BCUT2D eigenvalue weighted by molar-refractivity contribution is 0.242. The summed E-state index contributed by atoms with van der Waals surface area (Å²) in [6.07, 6.45) is 3.83. The van der Waals surface area contributed by atoms with E-state index in [1.54, 1.807) is 7.11 Å². The van der Waals surface area contributed by atoms with Gasteiger partial charge in [-0.2, -0.15) is 0 Å². The highest BCUT2D eigenvalue weighted by atomic mass is 16.5. The van der Waals surface area contributed by atoms with Crippen molar-refractivity contribution in [3.05, 3.63) is 54.1 Å². The van der Waals surface area contributed by atoms with Gasteiger partial charge in [-0.15, -0.1) is 0 Å². The molecule has 0 aliphatic carbocycles. The number of carbonyl (C=O) groups is 1. The van der Waals surface area contributed by atoms with Crippen molar-refractivity contribution in [3.8, 4) is 5.75 Å². The summed E-state index contributed by atoms with van der Waals surface area (Å²) in [5, 5.41) is 5.96. The third-order valence-electron chi connectivity index (χ3n) is 5.08. The van der Waals surface area contributed by atoms with Gasteiger partial charge < -0.3 is 20.3 Å². The van der Waals surface area contributed by atoms with Gasteiger partial charge in [0.25, 0.3) is 0 Å². The standard InChI is InChI=1S/C22H29N3O2/c1-22(2,17-7-13-20(27-3)14-8-17)24-21(26)23-18-9-11-19(12-10-18)25-15-5-4-6-16-25/h7-14H,4-6,15-16H2,1-3H3,(H2,23,24,26). The number of ether oxygens (including phenoxy) is 1. The van der Waals surface area contributed by atoms with E-state index in [9.17, 15) is 4.79 Å². The summed E-state index contributed by atoms with van der Waals surface area (Å²) in [6, 6.07) is 15.6. The van der Waals surface area contributed by atoms with Crippen LogP contribution in [0.2, 0.25) is 0 Å². The van der Waals surface area contributed by atoms with Crippen LogP contribution in [0.1, 0.15) is 38.7 Å². The number of rotatable bonds is 5. The molecular formula is C22H29N3O2. The van der Waals surface area contributed by atoms with E-state index in [1.165, 1.54) is 24.9 Å². The molecular weight excluding hydrogens is 338 g/mol. The SMILES string of the molecule is COc1ccc(C(C)(C)NC(=O)Nc2ccc(N3CCCCC3)cc2)cc1. The molecule has 2 aromatic rings. The van der Waals surface area contributed by atoms with Crippen LogP contribution in [0.5, 0.6) is 5.75 Å². The summed E-state index contributed by atoms with van der Waals surface area (Å²) in [5.41, 5.74) is 2.53. The van der Waals surface area contributed by atoms with Crippen LogP contribution in [-0.4, -0.2) is 26.2 Å². The Bertz CT molecular complexity index is 748. The monoisotopic (exact) mass is 367 g/mol. The first-order chi connectivity index (χ1) is 13.0. The third-order valence-corrected chi connectivity index (χ3v) is 5.08. The predicted molar refractivity (Wildman–Crippen MR) is 111 cm³/mol. The number of hydrogen-bond donors (Lipinski definition) is 2. The fourth-order valence-corrected chi connectivity index (χ4v) is 3.43. The maximum Gasteiger partial charge on any atom is 0.319 e. The molecule has 0 aromatic heterocycles. The Morgan fingerprint density at radius 1 is 0.963 bits per heavy atom. The minimum absolute atomic E-state index is 0.221. The van der Waals surface area contributed by atoms with Gasteiger partial charge in [-0.05, 0) is 75.1 Å². The fraction of sp³-hybridized carbons (Fsp3) is 0.409. The van der Waals surface area contributed by atoms with E-state index in [-0.39, 0.29) is 6.03 Å². The second-order valence-electron chi connectivity index (χ2n) is 7.53. The molecule has 144 valence electrons. The summed E-state index contributed by atoms with van der Waals surface area (Å²) in [5.74, 6) is 0.799. The zero-order valence-corrected chi connectivity index (χ0v) is 16.4. The second-order valence-corrected chi connectivity index (χ2v) is 7.53. The maximum atomic E-state index is 12.5. The highest BCUT2D eigenvalue weighted by Crippen LogP contribution is 2.24. The average Bonchev–Trinajstić information content (AvgIpc) is 2.69. The molecule has 1 fully saturated rings. The molecule has 2 aromatic carbocycles. The first-order valence-corrected chi connectivity index (χ1v) is 9.57. The molecule has 27 heavy (non-hydrogen) atoms. The maximum absolute atomic E-state index is 12.5. The number of anilines is 2. The van der Waals surface area contributed by atoms with Crippen molar-refractivity contribution in [2.75, 3.05) is 30.4 Å². The molecule has 0 atom stereocenters. The van der Waals surface area contributed by atoms with Gasteiger partial charge in [0.1, 0.15) is 5.75 Å². The molecule has 0 bridgehead atoms. The summed E-state index contributed by atoms with van der Waals surface area (Å²) in [4.78, 5) is 14.9. The molecule has 1 saturated heterocycles. The molecule has 0 saturated carbocycles. The Balaban J connectivity index is 1.59. The highest BCUT2D eigenvalue weighted by Gasteiger charge is 2.23. The number of amides is 2.